The Morgan fingerprint density at radius 3 is 1.88 bits per heavy atom. The van der Waals surface area contributed by atoms with E-state index in [-0.39, 0.29) is 0 Å². The number of hydrogen-bond donors (Lipinski definition) is 0. The first-order valence-corrected chi connectivity index (χ1v) is 7.42. The van der Waals surface area contributed by atoms with Gasteiger partial charge in [-0.3, -0.25) is 0 Å². The summed E-state index contributed by atoms with van der Waals surface area (Å²) < 4.78 is 0. The summed E-state index contributed by atoms with van der Waals surface area (Å²) in [7, 11) is 2.84. The Morgan fingerprint density at radius 2 is 1.44 bits per heavy atom. The van der Waals surface area contributed by atoms with Crippen molar-refractivity contribution in [3.63, 3.8) is 0 Å². The SMILES string of the molecule is CCC(C)C12[B]C(C(C)C)(CCC1)CCC2. The molecule has 2 heterocycles. The molecule has 0 N–H and O–H groups in total. The predicted octanol–water partition coefficient (Wildman–Crippen LogP) is 5.08. The molecule has 0 nitrogen and oxygen atoms in total. The molecule has 0 aromatic rings. The molecule has 0 amide bonds. The van der Waals surface area contributed by atoms with Crippen LogP contribution in [0.4, 0.5) is 0 Å². The second kappa shape index (κ2) is 4.39. The smallest absolute Gasteiger partial charge is 0.0651 e. The van der Waals surface area contributed by atoms with Crippen molar-refractivity contribution in [3.05, 3.63) is 0 Å². The fraction of sp³-hybridized carbons (Fsp3) is 1.00. The maximum Gasteiger partial charge on any atom is 0.127 e. The van der Waals surface area contributed by atoms with Gasteiger partial charge in [0.05, 0.1) is 0 Å². The third kappa shape index (κ3) is 1.85. The highest BCUT2D eigenvalue weighted by molar-refractivity contribution is 6.45. The van der Waals surface area contributed by atoms with E-state index in [0.29, 0.717) is 10.6 Å². The first-order valence-electron chi connectivity index (χ1n) is 7.42. The maximum absolute atomic E-state index is 2.84. The number of fused-ring (bicyclic) bond motifs is 2. The fourth-order valence-electron chi connectivity index (χ4n) is 4.39. The van der Waals surface area contributed by atoms with E-state index in [1.54, 1.807) is 0 Å². The third-order valence-corrected chi connectivity index (χ3v) is 5.89. The van der Waals surface area contributed by atoms with Gasteiger partial charge in [-0.2, -0.15) is 0 Å². The van der Waals surface area contributed by atoms with E-state index in [4.69, 9.17) is 0 Å². The first-order chi connectivity index (χ1) is 7.55. The molecule has 2 fully saturated rings. The summed E-state index contributed by atoms with van der Waals surface area (Å²) in [6.45, 7) is 9.73. The number of hydrogen-bond acceptors (Lipinski definition) is 0. The van der Waals surface area contributed by atoms with Crippen molar-refractivity contribution in [1.29, 1.82) is 0 Å². The second-order valence-electron chi connectivity index (χ2n) is 6.78. The van der Waals surface area contributed by atoms with Crippen molar-refractivity contribution >= 4 is 7.28 Å². The zero-order valence-corrected chi connectivity index (χ0v) is 11.7. The molecule has 2 aliphatic rings. The van der Waals surface area contributed by atoms with Gasteiger partial charge in [0.2, 0.25) is 0 Å². The standard InChI is InChI=1S/C15H28B/c1-5-13(4)15-10-6-8-14(16-15,12(2)3)9-7-11-15/h12-13H,5-11H2,1-4H3. The van der Waals surface area contributed by atoms with Gasteiger partial charge in [-0.1, -0.05) is 83.3 Å². The fourth-order valence-corrected chi connectivity index (χ4v) is 4.39. The molecule has 16 heavy (non-hydrogen) atoms. The van der Waals surface area contributed by atoms with E-state index in [1.165, 1.54) is 44.9 Å². The van der Waals surface area contributed by atoms with Gasteiger partial charge in [0.1, 0.15) is 7.28 Å². The highest BCUT2D eigenvalue weighted by Gasteiger charge is 2.51. The summed E-state index contributed by atoms with van der Waals surface area (Å²) in [5, 5.41) is 1.20. The highest BCUT2D eigenvalue weighted by Crippen LogP contribution is 2.64. The van der Waals surface area contributed by atoms with Crippen molar-refractivity contribution in [1.82, 2.24) is 0 Å². The lowest BCUT2D eigenvalue weighted by Gasteiger charge is -2.56. The minimum atomic E-state index is 0.597. The van der Waals surface area contributed by atoms with Crippen LogP contribution in [0.3, 0.4) is 0 Å². The second-order valence-corrected chi connectivity index (χ2v) is 6.78. The van der Waals surface area contributed by atoms with E-state index in [0.717, 1.165) is 11.8 Å². The molecule has 0 aromatic carbocycles. The minimum absolute atomic E-state index is 0.597. The molecule has 1 unspecified atom stereocenters. The zero-order chi connectivity index (χ0) is 11.8. The highest BCUT2D eigenvalue weighted by atomic mass is 14.5. The molecule has 1 radical (unpaired) electrons. The monoisotopic (exact) mass is 219 g/mol. The van der Waals surface area contributed by atoms with Crippen LogP contribution in [0.25, 0.3) is 0 Å². The largest absolute Gasteiger partial charge is 0.127 e. The molecular weight excluding hydrogens is 191 g/mol. The molecule has 1 heteroatoms. The molecular formula is C15H28B. The van der Waals surface area contributed by atoms with Crippen LogP contribution in [0.5, 0.6) is 0 Å². The topological polar surface area (TPSA) is 0 Å². The molecule has 91 valence electrons. The first kappa shape index (κ1) is 12.5. The Hall–Kier alpha value is 0.0649. The van der Waals surface area contributed by atoms with Gasteiger partial charge in [0.25, 0.3) is 0 Å². The van der Waals surface area contributed by atoms with Crippen molar-refractivity contribution < 1.29 is 0 Å². The summed E-state index contributed by atoms with van der Waals surface area (Å²) >= 11 is 0. The molecule has 0 aromatic heterocycles. The van der Waals surface area contributed by atoms with Gasteiger partial charge in [0, 0.05) is 0 Å². The molecule has 0 spiro atoms. The Labute approximate surface area is 103 Å². The van der Waals surface area contributed by atoms with Crippen molar-refractivity contribution in [3.8, 4) is 0 Å². The lowest BCUT2D eigenvalue weighted by molar-refractivity contribution is 0.194. The van der Waals surface area contributed by atoms with Gasteiger partial charge >= 0.3 is 0 Å². The van der Waals surface area contributed by atoms with Crippen molar-refractivity contribution in [2.75, 3.05) is 0 Å². The van der Waals surface area contributed by atoms with Gasteiger partial charge in [-0.25, -0.2) is 0 Å². The van der Waals surface area contributed by atoms with E-state index in [2.05, 4.69) is 35.0 Å². The quantitative estimate of drug-likeness (QED) is 0.581. The Bertz CT molecular complexity index is 234. The van der Waals surface area contributed by atoms with E-state index in [9.17, 15) is 0 Å². The lowest BCUT2D eigenvalue weighted by atomic mass is 9.25. The van der Waals surface area contributed by atoms with Crippen LogP contribution >= 0.6 is 0 Å². The van der Waals surface area contributed by atoms with E-state index >= 15 is 0 Å². The summed E-state index contributed by atoms with van der Waals surface area (Å²) in [4.78, 5) is 0. The lowest BCUT2D eigenvalue weighted by Crippen LogP contribution is -2.45. The molecule has 1 atom stereocenters. The molecule has 2 saturated heterocycles. The Balaban J connectivity index is 2.22. The van der Waals surface area contributed by atoms with Crippen LogP contribution < -0.4 is 0 Å². The van der Waals surface area contributed by atoms with Crippen LogP contribution in [-0.4, -0.2) is 7.28 Å². The van der Waals surface area contributed by atoms with Crippen LogP contribution in [-0.2, 0) is 0 Å². The summed E-state index contributed by atoms with van der Waals surface area (Å²) in [5.41, 5.74) is 0. The van der Waals surface area contributed by atoms with E-state index in [1.807, 2.05) is 0 Å². The average Bonchev–Trinajstić information content (AvgIpc) is 2.28. The third-order valence-electron chi connectivity index (χ3n) is 5.89. The number of rotatable bonds is 3. The Kier molecular flexibility index (Phi) is 3.43. The van der Waals surface area contributed by atoms with E-state index < -0.39 is 0 Å². The van der Waals surface area contributed by atoms with Crippen LogP contribution in [0.1, 0.15) is 72.6 Å². The van der Waals surface area contributed by atoms with Gasteiger partial charge in [0.15, 0.2) is 0 Å². The summed E-state index contributed by atoms with van der Waals surface area (Å²) in [5.74, 6) is 1.74. The van der Waals surface area contributed by atoms with Gasteiger partial charge in [-0.05, 0) is 11.8 Å². The molecule has 2 aliphatic heterocycles. The van der Waals surface area contributed by atoms with Crippen LogP contribution in [0.15, 0.2) is 0 Å². The summed E-state index contributed by atoms with van der Waals surface area (Å²) in [6.07, 6.45) is 10.2. The van der Waals surface area contributed by atoms with Crippen molar-refractivity contribution in [2.45, 2.75) is 83.3 Å². The predicted molar refractivity (Wildman–Crippen MR) is 73.1 cm³/mol. The molecule has 0 saturated carbocycles. The normalized spacial score (nSPS) is 40.6. The zero-order valence-electron chi connectivity index (χ0n) is 11.7. The molecule has 2 bridgehead atoms. The molecule has 2 rings (SSSR count). The van der Waals surface area contributed by atoms with Crippen LogP contribution in [0.2, 0.25) is 10.6 Å². The van der Waals surface area contributed by atoms with Crippen molar-refractivity contribution in [2.24, 2.45) is 11.8 Å². The Morgan fingerprint density at radius 1 is 0.938 bits per heavy atom. The van der Waals surface area contributed by atoms with Crippen LogP contribution in [0, 0.1) is 11.8 Å². The minimum Gasteiger partial charge on any atom is -0.0651 e. The van der Waals surface area contributed by atoms with Gasteiger partial charge in [-0.15, -0.1) is 0 Å². The maximum atomic E-state index is 2.84. The average molecular weight is 219 g/mol. The molecule has 0 aliphatic carbocycles. The van der Waals surface area contributed by atoms with Gasteiger partial charge < -0.3 is 0 Å². The summed E-state index contributed by atoms with van der Waals surface area (Å²) in [6, 6.07) is 0.